The fraction of sp³-hybridized carbons (Fsp3) is 0.0476. The topological polar surface area (TPSA) is 136 Å². The third-order valence-corrected chi connectivity index (χ3v) is 4.70. The highest BCUT2D eigenvalue weighted by atomic mass is 16.6. The summed E-state index contributed by atoms with van der Waals surface area (Å²) >= 11 is 0. The van der Waals surface area contributed by atoms with E-state index in [4.69, 9.17) is 4.74 Å². The maximum atomic E-state index is 12.9. The van der Waals surface area contributed by atoms with Gasteiger partial charge in [0.2, 0.25) is 11.6 Å². The lowest BCUT2D eigenvalue weighted by molar-refractivity contribution is -0.385. The summed E-state index contributed by atoms with van der Waals surface area (Å²) in [5.41, 5.74) is -1.60. The first-order valence-corrected chi connectivity index (χ1v) is 8.73. The smallest absolute Gasteiger partial charge is 0.345 e. The molecule has 0 spiro atoms. The molecule has 0 radical (unpaired) electrons. The molecule has 1 aromatic heterocycles. The summed E-state index contributed by atoms with van der Waals surface area (Å²) in [4.78, 5) is 63.6. The second kappa shape index (κ2) is 7.21. The molecule has 1 N–H and O–H groups in total. The summed E-state index contributed by atoms with van der Waals surface area (Å²) in [6.45, 7) is -0.650. The van der Waals surface area contributed by atoms with Crippen molar-refractivity contribution >= 4 is 29.0 Å². The molecule has 148 valence electrons. The van der Waals surface area contributed by atoms with Gasteiger partial charge in [-0.05, 0) is 24.3 Å². The van der Waals surface area contributed by atoms with Crippen LogP contribution >= 0.6 is 0 Å². The van der Waals surface area contributed by atoms with Crippen molar-refractivity contribution in [2.75, 3.05) is 6.61 Å². The van der Waals surface area contributed by atoms with Crippen LogP contribution < -0.4 is 0 Å². The van der Waals surface area contributed by atoms with E-state index in [1.165, 1.54) is 36.5 Å². The molecule has 30 heavy (non-hydrogen) atoms. The van der Waals surface area contributed by atoms with Crippen molar-refractivity contribution in [3.63, 3.8) is 0 Å². The molecule has 0 atom stereocenters. The fourth-order valence-electron chi connectivity index (χ4n) is 3.31. The van der Waals surface area contributed by atoms with E-state index in [1.54, 1.807) is 12.1 Å². The van der Waals surface area contributed by atoms with E-state index in [1.807, 2.05) is 0 Å². The Morgan fingerprint density at radius 2 is 1.63 bits per heavy atom. The number of carbonyl (C=O) groups excluding carboxylic acids is 4. The number of fused-ring (bicyclic) bond motifs is 2. The van der Waals surface area contributed by atoms with E-state index < -0.39 is 51.7 Å². The molecule has 1 aliphatic carbocycles. The molecule has 0 fully saturated rings. The molecule has 3 aromatic rings. The minimum Gasteiger partial charge on any atom is -0.453 e. The summed E-state index contributed by atoms with van der Waals surface area (Å²) in [5.74, 6) is -2.97. The zero-order valence-electron chi connectivity index (χ0n) is 15.2. The number of hydrogen-bond acceptors (Lipinski definition) is 7. The van der Waals surface area contributed by atoms with Crippen LogP contribution in [0.1, 0.15) is 52.7 Å². The first-order chi connectivity index (χ1) is 14.4. The van der Waals surface area contributed by atoms with E-state index in [-0.39, 0.29) is 22.4 Å². The third kappa shape index (κ3) is 2.98. The van der Waals surface area contributed by atoms with Crippen LogP contribution in [0.4, 0.5) is 5.69 Å². The van der Waals surface area contributed by atoms with Gasteiger partial charge in [0.05, 0.1) is 10.6 Å². The van der Waals surface area contributed by atoms with Crippen molar-refractivity contribution < 1.29 is 28.8 Å². The third-order valence-electron chi connectivity index (χ3n) is 4.70. The first-order valence-electron chi connectivity index (χ1n) is 8.73. The predicted octanol–water partition coefficient (Wildman–Crippen LogP) is 2.74. The molecule has 0 unspecified atom stereocenters. The van der Waals surface area contributed by atoms with Crippen LogP contribution in [0.25, 0.3) is 0 Å². The van der Waals surface area contributed by atoms with Crippen molar-refractivity contribution in [1.82, 2.24) is 4.98 Å². The number of nitro groups is 1. The number of Topliss-reactive ketones (excluding diaryl/α,β-unsaturated/α-hetero) is 1. The number of nitrogens with one attached hydrogen (secondary N) is 1. The largest absolute Gasteiger partial charge is 0.453 e. The molecule has 0 saturated heterocycles. The molecule has 4 rings (SSSR count). The molecule has 1 aliphatic rings. The van der Waals surface area contributed by atoms with Crippen LogP contribution in [-0.2, 0) is 4.74 Å². The predicted molar refractivity (Wildman–Crippen MR) is 102 cm³/mol. The fourth-order valence-corrected chi connectivity index (χ4v) is 3.31. The average molecular weight is 404 g/mol. The molecular formula is C21H12N2O7. The van der Waals surface area contributed by atoms with E-state index in [2.05, 4.69) is 4.98 Å². The van der Waals surface area contributed by atoms with Gasteiger partial charge in [-0.25, -0.2) is 4.79 Å². The molecule has 2 aromatic carbocycles. The molecular weight excluding hydrogens is 392 g/mol. The quantitative estimate of drug-likeness (QED) is 0.234. The minimum absolute atomic E-state index is 0.0190. The van der Waals surface area contributed by atoms with Crippen LogP contribution in [0.2, 0.25) is 0 Å². The number of carbonyl (C=O) groups is 4. The van der Waals surface area contributed by atoms with Gasteiger partial charge in [-0.3, -0.25) is 24.5 Å². The summed E-state index contributed by atoms with van der Waals surface area (Å²) in [5, 5.41) is 11.7. The number of nitro benzene ring substituents is 1. The number of aromatic nitrogens is 1. The van der Waals surface area contributed by atoms with Crippen molar-refractivity contribution in [1.29, 1.82) is 0 Å². The molecule has 0 bridgehead atoms. The second-order valence-electron chi connectivity index (χ2n) is 6.43. The molecule has 0 saturated carbocycles. The highest BCUT2D eigenvalue weighted by Crippen LogP contribution is 2.35. The summed E-state index contributed by atoms with van der Waals surface area (Å²) in [6.07, 6.45) is 1.52. The van der Waals surface area contributed by atoms with E-state index in [0.29, 0.717) is 0 Å². The van der Waals surface area contributed by atoms with Gasteiger partial charge in [-0.15, -0.1) is 0 Å². The molecule has 1 heterocycles. The van der Waals surface area contributed by atoms with Gasteiger partial charge < -0.3 is 9.72 Å². The minimum atomic E-state index is -1.15. The highest BCUT2D eigenvalue weighted by Gasteiger charge is 2.39. The number of rotatable bonds is 5. The summed E-state index contributed by atoms with van der Waals surface area (Å²) in [6, 6.07) is 11.3. The molecule has 0 aliphatic heterocycles. The van der Waals surface area contributed by atoms with E-state index >= 15 is 0 Å². The maximum absolute atomic E-state index is 12.9. The van der Waals surface area contributed by atoms with Gasteiger partial charge in [0.25, 0.3) is 5.69 Å². The molecule has 9 nitrogen and oxygen atoms in total. The monoisotopic (exact) mass is 404 g/mol. The van der Waals surface area contributed by atoms with E-state index in [0.717, 1.165) is 6.07 Å². The van der Waals surface area contributed by atoms with Crippen molar-refractivity contribution in [3.05, 3.63) is 98.4 Å². The van der Waals surface area contributed by atoms with Crippen molar-refractivity contribution in [3.8, 4) is 0 Å². The standard InChI is InChI=1S/C21H12N2O7/c24-16(15-6-3-9-22-15)10-30-21(27)14-8-7-13-17(18(14)23(28)29)20(26)12-5-2-1-4-11(12)19(13)25/h1-9,22H,10H2. The van der Waals surface area contributed by atoms with Crippen LogP contribution in [0.15, 0.2) is 54.7 Å². The Kier molecular flexibility index (Phi) is 4.55. The SMILES string of the molecule is O=C(COC(=O)c1ccc2c(c1[N+](=O)[O-])C(=O)c1ccccc1C2=O)c1ccc[nH]1. The number of hydrogen-bond donors (Lipinski definition) is 1. The molecule has 0 amide bonds. The Morgan fingerprint density at radius 1 is 0.933 bits per heavy atom. The Labute approximate surface area is 168 Å². The molecule has 9 heteroatoms. The Balaban J connectivity index is 1.73. The van der Waals surface area contributed by atoms with Crippen LogP contribution in [0, 0.1) is 10.1 Å². The number of benzene rings is 2. The zero-order valence-corrected chi connectivity index (χ0v) is 15.2. The normalized spacial score (nSPS) is 12.1. The number of ether oxygens (including phenoxy) is 1. The number of ketones is 3. The van der Waals surface area contributed by atoms with Crippen LogP contribution in [0.5, 0.6) is 0 Å². The summed E-state index contributed by atoms with van der Waals surface area (Å²) < 4.78 is 4.92. The van der Waals surface area contributed by atoms with Crippen molar-refractivity contribution in [2.24, 2.45) is 0 Å². The number of H-pyrrole nitrogens is 1. The number of esters is 1. The lowest BCUT2D eigenvalue weighted by Gasteiger charge is -2.18. The van der Waals surface area contributed by atoms with Gasteiger partial charge >= 0.3 is 5.97 Å². The van der Waals surface area contributed by atoms with Gasteiger partial charge in [-0.1, -0.05) is 24.3 Å². The Morgan fingerprint density at radius 3 is 2.27 bits per heavy atom. The Bertz CT molecular complexity index is 1240. The van der Waals surface area contributed by atoms with Gasteiger partial charge in [0.15, 0.2) is 12.4 Å². The zero-order chi connectivity index (χ0) is 21.4. The second-order valence-corrected chi connectivity index (χ2v) is 6.43. The van der Waals surface area contributed by atoms with Crippen molar-refractivity contribution in [2.45, 2.75) is 0 Å². The first kappa shape index (κ1) is 18.9. The lowest BCUT2D eigenvalue weighted by atomic mass is 9.82. The number of aromatic amines is 1. The van der Waals surface area contributed by atoms with Gasteiger partial charge in [0, 0.05) is 22.9 Å². The van der Waals surface area contributed by atoms with Crippen LogP contribution in [0.3, 0.4) is 0 Å². The Hall–Kier alpha value is -4.40. The van der Waals surface area contributed by atoms with E-state index in [9.17, 15) is 29.3 Å². The van der Waals surface area contributed by atoms with Gasteiger partial charge in [-0.2, -0.15) is 0 Å². The lowest BCUT2D eigenvalue weighted by Crippen LogP contribution is -2.24. The maximum Gasteiger partial charge on any atom is 0.345 e. The number of nitrogens with zero attached hydrogens (tertiary/aromatic N) is 1. The van der Waals surface area contributed by atoms with Gasteiger partial charge in [0.1, 0.15) is 11.1 Å². The average Bonchev–Trinajstić information content (AvgIpc) is 3.29. The van der Waals surface area contributed by atoms with Crippen LogP contribution in [-0.4, -0.2) is 39.8 Å². The highest BCUT2D eigenvalue weighted by molar-refractivity contribution is 6.30. The summed E-state index contributed by atoms with van der Waals surface area (Å²) in [7, 11) is 0.